The number of nitrogens with one attached hydrogen (secondary N) is 1. The molecule has 1 aromatic rings. The average molecular weight is 266 g/mol. The van der Waals surface area contributed by atoms with Crippen molar-refractivity contribution in [1.29, 1.82) is 0 Å². The van der Waals surface area contributed by atoms with Gasteiger partial charge in [0.1, 0.15) is 12.9 Å². The molecule has 0 bridgehead atoms. The third-order valence-corrected chi connectivity index (χ3v) is 3.45. The van der Waals surface area contributed by atoms with Gasteiger partial charge in [0.2, 0.25) is 17.8 Å². The summed E-state index contributed by atoms with van der Waals surface area (Å²) in [6.07, 6.45) is 2.08. The first-order valence-electron chi connectivity index (χ1n) is 6.09. The minimum absolute atomic E-state index is 0.0344. The number of carbonyl (C=O) groups is 2. The Labute approximate surface area is 111 Å². The summed E-state index contributed by atoms with van der Waals surface area (Å²) in [4.78, 5) is 29.3. The van der Waals surface area contributed by atoms with Crippen LogP contribution in [0.3, 0.4) is 0 Å². The third kappa shape index (κ3) is 2.67. The van der Waals surface area contributed by atoms with E-state index in [4.69, 9.17) is 5.73 Å². The molecule has 2 amide bonds. The monoisotopic (exact) mass is 266 g/mol. The molecular formula is C11H18N6O2. The Kier molecular flexibility index (Phi) is 3.41. The predicted octanol–water partition coefficient (Wildman–Crippen LogP) is -1.16. The summed E-state index contributed by atoms with van der Waals surface area (Å²) < 4.78 is 1.40. The van der Waals surface area contributed by atoms with Gasteiger partial charge in [-0.25, -0.2) is 9.67 Å². The second-order valence-electron chi connectivity index (χ2n) is 5.01. The van der Waals surface area contributed by atoms with E-state index in [1.807, 2.05) is 6.92 Å². The molecule has 104 valence electrons. The number of nitrogens with zero attached hydrogens (tertiary/aromatic N) is 4. The molecule has 0 saturated carbocycles. The number of nitrogens with two attached hydrogens (primary N) is 1. The van der Waals surface area contributed by atoms with Crippen molar-refractivity contribution in [3.63, 3.8) is 0 Å². The van der Waals surface area contributed by atoms with E-state index in [9.17, 15) is 9.59 Å². The molecule has 8 nitrogen and oxygen atoms in total. The highest BCUT2D eigenvalue weighted by Crippen LogP contribution is 2.30. The Morgan fingerprint density at radius 1 is 1.58 bits per heavy atom. The molecular weight excluding hydrogens is 248 g/mol. The van der Waals surface area contributed by atoms with Crippen LogP contribution in [-0.4, -0.2) is 51.6 Å². The van der Waals surface area contributed by atoms with Gasteiger partial charge < -0.3 is 16.0 Å². The summed E-state index contributed by atoms with van der Waals surface area (Å²) in [5.74, 6) is 0.0229. The molecule has 19 heavy (non-hydrogen) atoms. The molecule has 0 aliphatic carbocycles. The van der Waals surface area contributed by atoms with Crippen molar-refractivity contribution in [3.8, 4) is 0 Å². The molecule has 1 aliphatic heterocycles. The van der Waals surface area contributed by atoms with Crippen LogP contribution in [0.25, 0.3) is 0 Å². The quantitative estimate of drug-likeness (QED) is 0.718. The summed E-state index contributed by atoms with van der Waals surface area (Å²) in [6.45, 7) is 2.96. The van der Waals surface area contributed by atoms with Crippen molar-refractivity contribution in [2.45, 2.75) is 19.9 Å². The third-order valence-electron chi connectivity index (χ3n) is 3.45. The zero-order valence-electron chi connectivity index (χ0n) is 11.1. The Hall–Kier alpha value is -2.12. The van der Waals surface area contributed by atoms with Gasteiger partial charge in [-0.15, -0.1) is 5.10 Å². The van der Waals surface area contributed by atoms with Crippen molar-refractivity contribution >= 4 is 17.8 Å². The lowest BCUT2D eigenvalue weighted by molar-refractivity contribution is -0.133. The summed E-state index contributed by atoms with van der Waals surface area (Å²) in [5, 5.41) is 6.51. The van der Waals surface area contributed by atoms with Gasteiger partial charge in [0, 0.05) is 20.1 Å². The minimum Gasteiger partial charge on any atom is -0.367 e. The molecule has 0 radical (unpaired) electrons. The molecule has 1 aliphatic rings. The fourth-order valence-electron chi connectivity index (χ4n) is 2.28. The summed E-state index contributed by atoms with van der Waals surface area (Å²) >= 11 is 0. The van der Waals surface area contributed by atoms with E-state index in [0.29, 0.717) is 19.5 Å². The van der Waals surface area contributed by atoms with E-state index in [1.165, 1.54) is 11.0 Å². The maximum absolute atomic E-state index is 12.1. The van der Waals surface area contributed by atoms with Gasteiger partial charge in [0.15, 0.2) is 0 Å². The van der Waals surface area contributed by atoms with Crippen LogP contribution in [0.4, 0.5) is 5.95 Å². The zero-order chi connectivity index (χ0) is 14.0. The molecule has 1 aromatic heterocycles. The van der Waals surface area contributed by atoms with Gasteiger partial charge in [-0.05, 0) is 13.3 Å². The van der Waals surface area contributed by atoms with Crippen molar-refractivity contribution in [1.82, 2.24) is 25.0 Å². The fourth-order valence-corrected chi connectivity index (χ4v) is 2.28. The average Bonchev–Trinajstić information content (AvgIpc) is 2.96. The van der Waals surface area contributed by atoms with E-state index in [0.717, 1.165) is 0 Å². The lowest BCUT2D eigenvalue weighted by Crippen LogP contribution is -2.41. The van der Waals surface area contributed by atoms with Crippen LogP contribution in [0.2, 0.25) is 0 Å². The van der Waals surface area contributed by atoms with Crippen molar-refractivity contribution in [2.75, 3.05) is 25.9 Å². The first-order valence-corrected chi connectivity index (χ1v) is 6.09. The molecule has 1 saturated heterocycles. The van der Waals surface area contributed by atoms with Gasteiger partial charge in [-0.1, -0.05) is 0 Å². The molecule has 2 heterocycles. The second-order valence-corrected chi connectivity index (χ2v) is 5.01. The molecule has 1 unspecified atom stereocenters. The van der Waals surface area contributed by atoms with Gasteiger partial charge in [-0.3, -0.25) is 9.59 Å². The van der Waals surface area contributed by atoms with E-state index in [1.54, 1.807) is 11.9 Å². The van der Waals surface area contributed by atoms with Gasteiger partial charge in [-0.2, -0.15) is 0 Å². The lowest BCUT2D eigenvalue weighted by Gasteiger charge is -2.22. The maximum Gasteiger partial charge on any atom is 0.244 e. The Bertz CT molecular complexity index is 499. The van der Waals surface area contributed by atoms with Crippen LogP contribution in [-0.2, 0) is 16.1 Å². The highest BCUT2D eigenvalue weighted by Gasteiger charge is 2.41. The van der Waals surface area contributed by atoms with Crippen molar-refractivity contribution in [2.24, 2.45) is 5.41 Å². The summed E-state index contributed by atoms with van der Waals surface area (Å²) in [5.41, 5.74) is 4.88. The number of rotatable bonds is 3. The number of nitrogen functional groups attached to an aromatic ring is 1. The van der Waals surface area contributed by atoms with Crippen molar-refractivity contribution < 1.29 is 9.59 Å². The van der Waals surface area contributed by atoms with Crippen LogP contribution in [0, 0.1) is 5.41 Å². The molecule has 8 heteroatoms. The number of aromatic nitrogens is 3. The number of likely N-dealkylation sites (tertiary alicyclic amines) is 1. The molecule has 0 spiro atoms. The number of hydrogen-bond donors (Lipinski definition) is 2. The van der Waals surface area contributed by atoms with E-state index >= 15 is 0 Å². The Morgan fingerprint density at radius 3 is 2.89 bits per heavy atom. The molecule has 2 rings (SSSR count). The summed E-state index contributed by atoms with van der Waals surface area (Å²) in [7, 11) is 1.61. The zero-order valence-corrected chi connectivity index (χ0v) is 11.1. The second kappa shape index (κ2) is 4.87. The van der Waals surface area contributed by atoms with Crippen LogP contribution in [0.5, 0.6) is 0 Å². The molecule has 0 aromatic carbocycles. The largest absolute Gasteiger partial charge is 0.367 e. The highest BCUT2D eigenvalue weighted by atomic mass is 16.2. The number of hydrogen-bond acceptors (Lipinski definition) is 5. The van der Waals surface area contributed by atoms with Crippen LogP contribution in [0.15, 0.2) is 6.33 Å². The number of anilines is 1. The maximum atomic E-state index is 12.1. The van der Waals surface area contributed by atoms with E-state index in [-0.39, 0.29) is 24.3 Å². The fraction of sp³-hybridized carbons (Fsp3) is 0.636. The lowest BCUT2D eigenvalue weighted by atomic mass is 9.89. The Balaban J connectivity index is 1.97. The number of amides is 2. The standard InChI is InChI=1S/C11H18N6O2/c1-11(9(19)13-2)3-4-16(6-11)8(18)5-17-7-14-10(12)15-17/h7H,3-6H2,1-2H3,(H2,12,15)(H,13,19). The van der Waals surface area contributed by atoms with Gasteiger partial charge >= 0.3 is 0 Å². The smallest absolute Gasteiger partial charge is 0.244 e. The van der Waals surface area contributed by atoms with Gasteiger partial charge in [0.25, 0.3) is 0 Å². The predicted molar refractivity (Wildman–Crippen MR) is 67.8 cm³/mol. The minimum atomic E-state index is -0.508. The molecule has 1 atom stereocenters. The first-order chi connectivity index (χ1) is 8.94. The van der Waals surface area contributed by atoms with E-state index < -0.39 is 5.41 Å². The van der Waals surface area contributed by atoms with Crippen LogP contribution < -0.4 is 11.1 Å². The first kappa shape index (κ1) is 13.3. The molecule has 1 fully saturated rings. The SMILES string of the molecule is CNC(=O)C1(C)CCN(C(=O)Cn2cnc(N)n2)C1. The topological polar surface area (TPSA) is 106 Å². The van der Waals surface area contributed by atoms with Crippen LogP contribution in [0.1, 0.15) is 13.3 Å². The highest BCUT2D eigenvalue weighted by molar-refractivity contribution is 5.84. The normalized spacial score (nSPS) is 22.5. The summed E-state index contributed by atoms with van der Waals surface area (Å²) in [6, 6.07) is 0. The van der Waals surface area contributed by atoms with Gasteiger partial charge in [0.05, 0.1) is 5.41 Å². The van der Waals surface area contributed by atoms with Crippen LogP contribution >= 0.6 is 0 Å². The van der Waals surface area contributed by atoms with E-state index in [2.05, 4.69) is 15.4 Å². The number of carbonyl (C=O) groups excluding carboxylic acids is 2. The van der Waals surface area contributed by atoms with Crippen molar-refractivity contribution in [3.05, 3.63) is 6.33 Å². The molecule has 3 N–H and O–H groups in total. The Morgan fingerprint density at radius 2 is 2.32 bits per heavy atom.